The van der Waals surface area contributed by atoms with Crippen molar-refractivity contribution in [1.82, 2.24) is 15.6 Å². The van der Waals surface area contributed by atoms with E-state index in [1.165, 1.54) is 5.56 Å². The van der Waals surface area contributed by atoms with E-state index in [-0.39, 0.29) is 24.0 Å². The molecule has 0 saturated heterocycles. The standard InChI is InChI=1S/C19H26N4O.HI/c1-4-20-19(22-14-17-7-5-6-15(2)23-17)21-13-12-16-8-10-18(24-3)11-9-16;/h5-11H,4,12-14H2,1-3H3,(H2,20,21,22);1H. The lowest BCUT2D eigenvalue weighted by Gasteiger charge is -2.11. The summed E-state index contributed by atoms with van der Waals surface area (Å²) in [6, 6.07) is 14.1. The molecule has 2 N–H and O–H groups in total. The Bertz CT molecular complexity index is 659. The fourth-order valence-corrected chi connectivity index (χ4v) is 2.31. The largest absolute Gasteiger partial charge is 0.497 e. The molecule has 0 amide bonds. The van der Waals surface area contributed by atoms with Crippen molar-refractivity contribution < 1.29 is 4.74 Å². The van der Waals surface area contributed by atoms with Gasteiger partial charge in [0, 0.05) is 18.8 Å². The van der Waals surface area contributed by atoms with Gasteiger partial charge in [-0.05, 0) is 50.1 Å². The number of rotatable bonds is 7. The highest BCUT2D eigenvalue weighted by atomic mass is 127. The van der Waals surface area contributed by atoms with Crippen LogP contribution in [0.15, 0.2) is 47.5 Å². The third kappa shape index (κ3) is 7.72. The number of halogens is 1. The van der Waals surface area contributed by atoms with Gasteiger partial charge in [0.25, 0.3) is 0 Å². The van der Waals surface area contributed by atoms with E-state index in [4.69, 9.17) is 4.74 Å². The van der Waals surface area contributed by atoms with E-state index < -0.39 is 0 Å². The summed E-state index contributed by atoms with van der Waals surface area (Å²) in [5.41, 5.74) is 3.25. The van der Waals surface area contributed by atoms with Crippen molar-refractivity contribution >= 4 is 29.9 Å². The minimum atomic E-state index is 0. The van der Waals surface area contributed by atoms with Crippen molar-refractivity contribution in [3.63, 3.8) is 0 Å². The van der Waals surface area contributed by atoms with Gasteiger partial charge in [0.15, 0.2) is 5.96 Å². The van der Waals surface area contributed by atoms with E-state index in [1.807, 2.05) is 37.3 Å². The van der Waals surface area contributed by atoms with E-state index >= 15 is 0 Å². The van der Waals surface area contributed by atoms with E-state index in [0.29, 0.717) is 6.54 Å². The number of nitrogens with zero attached hydrogens (tertiary/aromatic N) is 2. The van der Waals surface area contributed by atoms with E-state index in [2.05, 4.69) is 39.7 Å². The molecule has 136 valence electrons. The minimum Gasteiger partial charge on any atom is -0.497 e. The lowest BCUT2D eigenvalue weighted by atomic mass is 10.1. The van der Waals surface area contributed by atoms with Crippen molar-refractivity contribution in [2.75, 3.05) is 20.2 Å². The highest BCUT2D eigenvalue weighted by Crippen LogP contribution is 2.11. The number of methoxy groups -OCH3 is 1. The first-order chi connectivity index (χ1) is 11.7. The maximum atomic E-state index is 5.18. The maximum Gasteiger partial charge on any atom is 0.191 e. The topological polar surface area (TPSA) is 58.5 Å². The third-order valence-electron chi connectivity index (χ3n) is 3.55. The van der Waals surface area contributed by atoms with Crippen LogP contribution in [0.5, 0.6) is 5.75 Å². The number of ether oxygens (including phenoxy) is 1. The zero-order valence-corrected chi connectivity index (χ0v) is 17.4. The quantitative estimate of drug-likeness (QED) is 0.383. The lowest BCUT2D eigenvalue weighted by molar-refractivity contribution is 0.414. The van der Waals surface area contributed by atoms with Gasteiger partial charge < -0.3 is 15.4 Å². The average Bonchev–Trinajstić information content (AvgIpc) is 2.60. The van der Waals surface area contributed by atoms with Crippen molar-refractivity contribution in [3.8, 4) is 5.75 Å². The van der Waals surface area contributed by atoms with E-state index in [9.17, 15) is 0 Å². The molecule has 5 nitrogen and oxygen atoms in total. The van der Waals surface area contributed by atoms with Crippen molar-refractivity contribution in [3.05, 3.63) is 59.4 Å². The highest BCUT2D eigenvalue weighted by Gasteiger charge is 2.00. The number of benzene rings is 1. The van der Waals surface area contributed by atoms with Gasteiger partial charge in [-0.15, -0.1) is 24.0 Å². The smallest absolute Gasteiger partial charge is 0.191 e. The number of aryl methyl sites for hydroxylation is 1. The maximum absolute atomic E-state index is 5.18. The summed E-state index contributed by atoms with van der Waals surface area (Å²) in [5, 5.41) is 6.63. The van der Waals surface area contributed by atoms with Gasteiger partial charge in [0.05, 0.1) is 19.3 Å². The summed E-state index contributed by atoms with van der Waals surface area (Å²) >= 11 is 0. The molecule has 25 heavy (non-hydrogen) atoms. The Morgan fingerprint density at radius 3 is 2.52 bits per heavy atom. The van der Waals surface area contributed by atoms with Gasteiger partial charge in [-0.25, -0.2) is 4.99 Å². The Morgan fingerprint density at radius 2 is 1.88 bits per heavy atom. The zero-order chi connectivity index (χ0) is 17.2. The molecule has 0 fully saturated rings. The molecule has 2 aromatic rings. The van der Waals surface area contributed by atoms with Crippen LogP contribution in [0, 0.1) is 6.92 Å². The number of pyridine rings is 1. The molecule has 0 aliphatic heterocycles. The van der Waals surface area contributed by atoms with Crippen LogP contribution in [0.2, 0.25) is 0 Å². The van der Waals surface area contributed by atoms with Gasteiger partial charge in [0.2, 0.25) is 0 Å². The first kappa shape index (κ1) is 21.2. The molecule has 0 spiro atoms. The number of aromatic nitrogens is 1. The molecule has 0 aliphatic rings. The van der Waals surface area contributed by atoms with Crippen LogP contribution >= 0.6 is 24.0 Å². The van der Waals surface area contributed by atoms with Crippen LogP contribution in [-0.2, 0) is 13.0 Å². The summed E-state index contributed by atoms with van der Waals surface area (Å²) in [4.78, 5) is 9.07. The Hall–Kier alpha value is -1.83. The summed E-state index contributed by atoms with van der Waals surface area (Å²) in [7, 11) is 1.68. The molecule has 6 heteroatoms. The normalized spacial score (nSPS) is 10.8. The number of aliphatic imine (C=N–C) groups is 1. The summed E-state index contributed by atoms with van der Waals surface area (Å²) in [5.74, 6) is 1.70. The molecule has 0 unspecified atom stereocenters. The molecule has 1 aromatic carbocycles. The molecule has 2 rings (SSSR count). The Kier molecular flexibility index (Phi) is 9.91. The lowest BCUT2D eigenvalue weighted by Crippen LogP contribution is -2.38. The molecule has 0 radical (unpaired) electrons. The highest BCUT2D eigenvalue weighted by molar-refractivity contribution is 14.0. The molecule has 0 saturated carbocycles. The van der Waals surface area contributed by atoms with E-state index in [1.54, 1.807) is 7.11 Å². The Morgan fingerprint density at radius 1 is 1.12 bits per heavy atom. The predicted octanol–water partition coefficient (Wildman–Crippen LogP) is 3.31. The molecule has 1 aromatic heterocycles. The molecule has 0 aliphatic carbocycles. The second kappa shape index (κ2) is 11.7. The van der Waals surface area contributed by atoms with Gasteiger partial charge in [-0.2, -0.15) is 0 Å². The summed E-state index contributed by atoms with van der Waals surface area (Å²) in [6.45, 7) is 6.27. The van der Waals surface area contributed by atoms with Crippen LogP contribution in [0.3, 0.4) is 0 Å². The molecule has 0 atom stereocenters. The molecule has 1 heterocycles. The average molecular weight is 454 g/mol. The SMILES string of the molecule is CCNC(=NCc1cccc(C)n1)NCCc1ccc(OC)cc1.I. The van der Waals surface area contributed by atoms with Gasteiger partial charge >= 0.3 is 0 Å². The van der Waals surface area contributed by atoms with Gasteiger partial charge in [-0.1, -0.05) is 18.2 Å². The van der Waals surface area contributed by atoms with Crippen molar-refractivity contribution in [2.45, 2.75) is 26.8 Å². The number of nitrogens with one attached hydrogen (secondary N) is 2. The monoisotopic (exact) mass is 454 g/mol. The number of guanidine groups is 1. The summed E-state index contributed by atoms with van der Waals surface area (Å²) in [6.07, 6.45) is 0.928. The molecular formula is C19H27IN4O. The van der Waals surface area contributed by atoms with Gasteiger partial charge in [-0.3, -0.25) is 4.98 Å². The first-order valence-corrected chi connectivity index (χ1v) is 8.29. The van der Waals surface area contributed by atoms with Crippen LogP contribution in [0.1, 0.15) is 23.9 Å². The van der Waals surface area contributed by atoms with E-state index in [0.717, 1.165) is 42.6 Å². The second-order valence-corrected chi connectivity index (χ2v) is 5.49. The third-order valence-corrected chi connectivity index (χ3v) is 3.55. The van der Waals surface area contributed by atoms with Crippen LogP contribution < -0.4 is 15.4 Å². The van der Waals surface area contributed by atoms with Crippen LogP contribution in [0.4, 0.5) is 0 Å². The second-order valence-electron chi connectivity index (χ2n) is 5.49. The van der Waals surface area contributed by atoms with Crippen LogP contribution in [0.25, 0.3) is 0 Å². The van der Waals surface area contributed by atoms with Crippen LogP contribution in [-0.4, -0.2) is 31.1 Å². The first-order valence-electron chi connectivity index (χ1n) is 8.29. The Balaban J connectivity index is 0.00000312. The predicted molar refractivity (Wildman–Crippen MR) is 114 cm³/mol. The van der Waals surface area contributed by atoms with Crippen molar-refractivity contribution in [1.29, 1.82) is 0 Å². The minimum absolute atomic E-state index is 0. The van der Waals surface area contributed by atoms with Gasteiger partial charge in [0.1, 0.15) is 5.75 Å². The Labute approximate surface area is 167 Å². The summed E-state index contributed by atoms with van der Waals surface area (Å²) < 4.78 is 5.18. The zero-order valence-electron chi connectivity index (χ0n) is 15.1. The number of hydrogen-bond donors (Lipinski definition) is 2. The molecular weight excluding hydrogens is 427 g/mol. The fraction of sp³-hybridized carbons (Fsp3) is 0.368. The van der Waals surface area contributed by atoms with Crippen molar-refractivity contribution in [2.24, 2.45) is 4.99 Å². The molecule has 0 bridgehead atoms. The fourth-order valence-electron chi connectivity index (χ4n) is 2.31. The number of hydrogen-bond acceptors (Lipinski definition) is 3.